The van der Waals surface area contributed by atoms with Crippen LogP contribution in [0.1, 0.15) is 12.8 Å². The zero-order chi connectivity index (χ0) is 10.7. The average molecular weight is 272 g/mol. The van der Waals surface area contributed by atoms with Crippen molar-refractivity contribution >= 4 is 21.6 Å². The topological polar surface area (TPSA) is 44.5 Å². The van der Waals surface area contributed by atoms with E-state index in [1.165, 1.54) is 0 Å². The SMILES string of the molecule is Nc1cccc(Br)c1OCC1CCCO1. The van der Waals surface area contributed by atoms with Crippen LogP contribution in [0.25, 0.3) is 0 Å². The Bertz CT molecular complexity index is 317. The fourth-order valence-electron chi connectivity index (χ4n) is 1.63. The van der Waals surface area contributed by atoms with Gasteiger partial charge in [0, 0.05) is 6.61 Å². The van der Waals surface area contributed by atoms with Crippen LogP contribution in [-0.4, -0.2) is 19.3 Å². The third-order valence-electron chi connectivity index (χ3n) is 2.43. The first-order valence-electron chi connectivity index (χ1n) is 5.06. The molecule has 0 aromatic heterocycles. The molecule has 1 aliphatic rings. The molecule has 1 atom stereocenters. The number of para-hydroxylation sites is 1. The van der Waals surface area contributed by atoms with Gasteiger partial charge in [0.25, 0.3) is 0 Å². The Morgan fingerprint density at radius 1 is 1.53 bits per heavy atom. The lowest BCUT2D eigenvalue weighted by Gasteiger charge is -2.14. The summed E-state index contributed by atoms with van der Waals surface area (Å²) in [7, 11) is 0. The number of hydrogen-bond acceptors (Lipinski definition) is 3. The highest BCUT2D eigenvalue weighted by Crippen LogP contribution is 2.31. The van der Waals surface area contributed by atoms with Gasteiger partial charge >= 0.3 is 0 Å². The first-order valence-corrected chi connectivity index (χ1v) is 5.85. The van der Waals surface area contributed by atoms with Crippen LogP contribution in [0.5, 0.6) is 5.75 Å². The molecule has 1 unspecified atom stereocenters. The molecule has 0 bridgehead atoms. The van der Waals surface area contributed by atoms with Gasteiger partial charge in [0.15, 0.2) is 5.75 Å². The van der Waals surface area contributed by atoms with E-state index < -0.39 is 0 Å². The number of halogens is 1. The van der Waals surface area contributed by atoms with Crippen molar-refractivity contribution in [2.45, 2.75) is 18.9 Å². The molecular weight excluding hydrogens is 258 g/mol. The summed E-state index contributed by atoms with van der Waals surface area (Å²) in [4.78, 5) is 0. The van der Waals surface area contributed by atoms with Crippen LogP contribution >= 0.6 is 15.9 Å². The third-order valence-corrected chi connectivity index (χ3v) is 3.06. The van der Waals surface area contributed by atoms with Gasteiger partial charge in [-0.25, -0.2) is 0 Å². The van der Waals surface area contributed by atoms with Gasteiger partial charge in [-0.15, -0.1) is 0 Å². The summed E-state index contributed by atoms with van der Waals surface area (Å²) in [6.07, 6.45) is 2.42. The highest BCUT2D eigenvalue weighted by molar-refractivity contribution is 9.10. The van der Waals surface area contributed by atoms with E-state index in [1.54, 1.807) is 0 Å². The summed E-state index contributed by atoms with van der Waals surface area (Å²) in [5, 5.41) is 0. The standard InChI is InChI=1S/C11H14BrNO2/c12-9-4-1-5-10(13)11(9)15-7-8-3-2-6-14-8/h1,4-5,8H,2-3,6-7,13H2. The number of anilines is 1. The summed E-state index contributed by atoms with van der Waals surface area (Å²) in [6, 6.07) is 5.63. The van der Waals surface area contributed by atoms with Gasteiger partial charge in [-0.3, -0.25) is 0 Å². The molecule has 2 N–H and O–H groups in total. The maximum atomic E-state index is 5.81. The first-order chi connectivity index (χ1) is 7.27. The Morgan fingerprint density at radius 2 is 2.40 bits per heavy atom. The highest BCUT2D eigenvalue weighted by atomic mass is 79.9. The zero-order valence-corrected chi connectivity index (χ0v) is 10.00. The van der Waals surface area contributed by atoms with Crippen LogP contribution in [0, 0.1) is 0 Å². The van der Waals surface area contributed by atoms with Crippen molar-refractivity contribution in [3.05, 3.63) is 22.7 Å². The molecule has 15 heavy (non-hydrogen) atoms. The molecule has 1 heterocycles. The second kappa shape index (κ2) is 4.86. The summed E-state index contributed by atoms with van der Waals surface area (Å²) >= 11 is 3.41. The van der Waals surface area contributed by atoms with Gasteiger partial charge in [0.05, 0.1) is 16.3 Å². The van der Waals surface area contributed by atoms with Crippen molar-refractivity contribution < 1.29 is 9.47 Å². The lowest BCUT2D eigenvalue weighted by molar-refractivity contribution is 0.0680. The minimum Gasteiger partial charge on any atom is -0.488 e. The van der Waals surface area contributed by atoms with Gasteiger partial charge in [-0.2, -0.15) is 0 Å². The molecule has 0 amide bonds. The molecule has 0 aliphatic carbocycles. The Balaban J connectivity index is 1.97. The molecule has 0 saturated carbocycles. The first kappa shape index (κ1) is 10.8. The lowest BCUT2D eigenvalue weighted by Crippen LogP contribution is -2.16. The predicted molar refractivity (Wildman–Crippen MR) is 63.0 cm³/mol. The van der Waals surface area contributed by atoms with E-state index in [1.807, 2.05) is 18.2 Å². The van der Waals surface area contributed by atoms with Crippen molar-refractivity contribution in [3.63, 3.8) is 0 Å². The van der Waals surface area contributed by atoms with Crippen LogP contribution in [0.3, 0.4) is 0 Å². The minimum atomic E-state index is 0.219. The molecule has 1 aromatic rings. The number of ether oxygens (including phenoxy) is 2. The highest BCUT2D eigenvalue weighted by Gasteiger charge is 2.17. The maximum absolute atomic E-state index is 5.81. The van der Waals surface area contributed by atoms with E-state index in [0.717, 1.165) is 23.9 Å². The van der Waals surface area contributed by atoms with E-state index in [2.05, 4.69) is 15.9 Å². The molecule has 1 aromatic carbocycles. The number of benzene rings is 1. The zero-order valence-electron chi connectivity index (χ0n) is 8.41. The number of rotatable bonds is 3. The van der Waals surface area contributed by atoms with Gasteiger partial charge in [-0.1, -0.05) is 6.07 Å². The average Bonchev–Trinajstić information content (AvgIpc) is 2.70. The summed E-state index contributed by atoms with van der Waals surface area (Å²) in [5.41, 5.74) is 6.47. The molecular formula is C11H14BrNO2. The Hall–Kier alpha value is -0.740. The monoisotopic (exact) mass is 271 g/mol. The van der Waals surface area contributed by atoms with Crippen LogP contribution in [0.15, 0.2) is 22.7 Å². The molecule has 82 valence electrons. The minimum absolute atomic E-state index is 0.219. The van der Waals surface area contributed by atoms with Gasteiger partial charge < -0.3 is 15.2 Å². The van der Waals surface area contributed by atoms with Crippen LogP contribution < -0.4 is 10.5 Å². The van der Waals surface area contributed by atoms with Crippen molar-refractivity contribution in [2.24, 2.45) is 0 Å². The van der Waals surface area contributed by atoms with Crippen LogP contribution in [0.4, 0.5) is 5.69 Å². The van der Waals surface area contributed by atoms with Crippen LogP contribution in [-0.2, 0) is 4.74 Å². The van der Waals surface area contributed by atoms with Crippen molar-refractivity contribution in [3.8, 4) is 5.75 Å². The van der Waals surface area contributed by atoms with E-state index in [-0.39, 0.29) is 6.10 Å². The fourth-order valence-corrected chi connectivity index (χ4v) is 2.13. The Labute approximate surface area is 97.7 Å². The molecule has 0 radical (unpaired) electrons. The third kappa shape index (κ3) is 2.63. The van der Waals surface area contributed by atoms with Gasteiger partial charge in [0.1, 0.15) is 6.61 Å². The molecule has 3 nitrogen and oxygen atoms in total. The molecule has 4 heteroatoms. The quantitative estimate of drug-likeness (QED) is 0.860. The summed E-state index contributed by atoms with van der Waals surface area (Å²) in [6.45, 7) is 1.42. The van der Waals surface area contributed by atoms with Crippen LogP contribution in [0.2, 0.25) is 0 Å². The number of hydrogen-bond donors (Lipinski definition) is 1. The Kier molecular flexibility index (Phi) is 3.49. The van der Waals surface area contributed by atoms with E-state index >= 15 is 0 Å². The molecule has 2 rings (SSSR count). The molecule has 0 spiro atoms. The second-order valence-corrected chi connectivity index (χ2v) is 4.46. The fraction of sp³-hybridized carbons (Fsp3) is 0.455. The second-order valence-electron chi connectivity index (χ2n) is 3.60. The molecule has 1 fully saturated rings. The van der Waals surface area contributed by atoms with E-state index in [0.29, 0.717) is 18.0 Å². The summed E-state index contributed by atoms with van der Waals surface area (Å²) < 4.78 is 12.0. The number of nitrogen functional groups attached to an aromatic ring is 1. The smallest absolute Gasteiger partial charge is 0.156 e. The molecule has 1 aliphatic heterocycles. The maximum Gasteiger partial charge on any atom is 0.156 e. The number of nitrogens with two attached hydrogens (primary N) is 1. The van der Waals surface area contributed by atoms with Crippen molar-refractivity contribution in [1.82, 2.24) is 0 Å². The van der Waals surface area contributed by atoms with Crippen molar-refractivity contribution in [2.75, 3.05) is 18.9 Å². The lowest BCUT2D eigenvalue weighted by atomic mass is 10.2. The Morgan fingerprint density at radius 3 is 3.07 bits per heavy atom. The van der Waals surface area contributed by atoms with E-state index in [4.69, 9.17) is 15.2 Å². The largest absolute Gasteiger partial charge is 0.488 e. The summed E-state index contributed by atoms with van der Waals surface area (Å²) in [5.74, 6) is 0.716. The molecule has 1 saturated heterocycles. The predicted octanol–water partition coefficient (Wildman–Crippen LogP) is 2.59. The van der Waals surface area contributed by atoms with Gasteiger partial charge in [-0.05, 0) is 40.9 Å². The van der Waals surface area contributed by atoms with Crippen molar-refractivity contribution in [1.29, 1.82) is 0 Å². The van der Waals surface area contributed by atoms with Gasteiger partial charge in [0.2, 0.25) is 0 Å². The van der Waals surface area contributed by atoms with E-state index in [9.17, 15) is 0 Å². The normalized spacial score (nSPS) is 20.5.